The fourth-order valence-corrected chi connectivity index (χ4v) is 3.63. The normalized spacial score (nSPS) is 12.5. The van der Waals surface area contributed by atoms with Crippen molar-refractivity contribution in [2.45, 2.75) is 13.0 Å². The SMILES string of the molecule is Cc1nc(-c2ccc(OCCNC[C@H](O)c3ccc(Cl)c(NS(C)(=O)=O)c3)cc2)co1. The van der Waals surface area contributed by atoms with Gasteiger partial charge in [0.05, 0.1) is 23.1 Å². The fourth-order valence-electron chi connectivity index (χ4n) is 2.84. The van der Waals surface area contributed by atoms with Crippen molar-refractivity contribution in [3.05, 3.63) is 65.2 Å². The van der Waals surface area contributed by atoms with Gasteiger partial charge in [0.15, 0.2) is 5.89 Å². The minimum atomic E-state index is -3.47. The molecular weight excluding hydrogens is 442 g/mol. The number of rotatable bonds is 10. The predicted octanol–water partition coefficient (Wildman–Crippen LogP) is 3.38. The van der Waals surface area contributed by atoms with Gasteiger partial charge in [0.1, 0.15) is 24.3 Å². The van der Waals surface area contributed by atoms with Gasteiger partial charge >= 0.3 is 0 Å². The number of ether oxygens (including phenoxy) is 1. The summed E-state index contributed by atoms with van der Waals surface area (Å²) >= 11 is 6.01. The smallest absolute Gasteiger partial charge is 0.229 e. The monoisotopic (exact) mass is 465 g/mol. The number of hydrogen-bond donors (Lipinski definition) is 3. The van der Waals surface area contributed by atoms with Gasteiger partial charge in [0, 0.05) is 25.6 Å². The van der Waals surface area contributed by atoms with E-state index in [9.17, 15) is 13.5 Å². The van der Waals surface area contributed by atoms with Crippen molar-refractivity contribution in [1.29, 1.82) is 0 Å². The molecule has 0 aliphatic rings. The van der Waals surface area contributed by atoms with Crippen molar-refractivity contribution >= 4 is 27.3 Å². The van der Waals surface area contributed by atoms with Crippen LogP contribution in [0, 0.1) is 6.92 Å². The van der Waals surface area contributed by atoms with Crippen LogP contribution in [0.1, 0.15) is 17.6 Å². The summed E-state index contributed by atoms with van der Waals surface area (Å²) in [6, 6.07) is 12.2. The summed E-state index contributed by atoms with van der Waals surface area (Å²) in [5.74, 6) is 1.34. The van der Waals surface area contributed by atoms with Crippen molar-refractivity contribution < 1.29 is 22.7 Å². The average Bonchev–Trinajstić information content (AvgIpc) is 3.15. The minimum Gasteiger partial charge on any atom is -0.492 e. The van der Waals surface area contributed by atoms with Gasteiger partial charge in [-0.15, -0.1) is 0 Å². The molecule has 1 atom stereocenters. The lowest BCUT2D eigenvalue weighted by molar-refractivity contribution is 0.172. The Hall–Kier alpha value is -2.59. The summed E-state index contributed by atoms with van der Waals surface area (Å²) in [6.45, 7) is 3.00. The molecule has 31 heavy (non-hydrogen) atoms. The van der Waals surface area contributed by atoms with Crippen LogP contribution in [-0.2, 0) is 10.0 Å². The van der Waals surface area contributed by atoms with Crippen LogP contribution >= 0.6 is 11.6 Å². The Kier molecular flexibility index (Phi) is 7.55. The maximum atomic E-state index is 11.4. The minimum absolute atomic E-state index is 0.230. The van der Waals surface area contributed by atoms with Gasteiger partial charge in [-0.05, 0) is 42.0 Å². The summed E-state index contributed by atoms with van der Waals surface area (Å²) in [7, 11) is -3.47. The molecule has 1 aromatic heterocycles. The van der Waals surface area contributed by atoms with Gasteiger partial charge in [0.25, 0.3) is 0 Å². The molecule has 8 nitrogen and oxygen atoms in total. The molecule has 0 aliphatic heterocycles. The summed E-state index contributed by atoms with van der Waals surface area (Å²) in [5, 5.41) is 13.7. The summed E-state index contributed by atoms with van der Waals surface area (Å²) in [4.78, 5) is 4.28. The number of oxazole rings is 1. The third kappa shape index (κ3) is 6.96. The molecule has 3 rings (SSSR count). The molecular formula is C21H24ClN3O5S. The molecule has 3 N–H and O–H groups in total. The highest BCUT2D eigenvalue weighted by Crippen LogP contribution is 2.26. The molecule has 0 spiro atoms. The van der Waals surface area contributed by atoms with E-state index in [0.29, 0.717) is 24.6 Å². The van der Waals surface area contributed by atoms with Gasteiger partial charge in [-0.25, -0.2) is 13.4 Å². The van der Waals surface area contributed by atoms with Crippen molar-refractivity contribution in [3.8, 4) is 17.0 Å². The third-order valence-electron chi connectivity index (χ3n) is 4.32. The highest BCUT2D eigenvalue weighted by molar-refractivity contribution is 7.92. The highest BCUT2D eigenvalue weighted by Gasteiger charge is 2.12. The number of benzene rings is 2. The van der Waals surface area contributed by atoms with E-state index in [1.54, 1.807) is 25.3 Å². The van der Waals surface area contributed by atoms with Gasteiger partial charge in [-0.2, -0.15) is 0 Å². The van der Waals surface area contributed by atoms with Gasteiger partial charge < -0.3 is 19.6 Å². The second-order valence-electron chi connectivity index (χ2n) is 6.96. The number of aromatic nitrogens is 1. The number of aliphatic hydroxyl groups excluding tert-OH is 1. The molecule has 166 valence electrons. The molecule has 0 saturated carbocycles. The molecule has 3 aromatic rings. The first-order valence-electron chi connectivity index (χ1n) is 9.52. The van der Waals surface area contributed by atoms with E-state index < -0.39 is 16.1 Å². The number of aryl methyl sites for hydroxylation is 1. The molecule has 0 bridgehead atoms. The zero-order valence-corrected chi connectivity index (χ0v) is 18.7. The Morgan fingerprint density at radius 3 is 2.61 bits per heavy atom. The number of aliphatic hydroxyl groups is 1. The maximum absolute atomic E-state index is 11.4. The quantitative estimate of drug-likeness (QED) is 0.393. The third-order valence-corrected chi connectivity index (χ3v) is 5.25. The Morgan fingerprint density at radius 1 is 1.23 bits per heavy atom. The maximum Gasteiger partial charge on any atom is 0.229 e. The fraction of sp³-hybridized carbons (Fsp3) is 0.286. The summed E-state index contributed by atoms with van der Waals surface area (Å²) in [6.07, 6.45) is 1.82. The van der Waals surface area contributed by atoms with E-state index in [1.165, 1.54) is 6.07 Å². The lowest BCUT2D eigenvalue weighted by atomic mass is 10.1. The molecule has 0 saturated heterocycles. The standard InChI is InChI=1S/C21H24ClN3O5S/c1-14-24-20(13-30-14)15-3-6-17(7-4-15)29-10-9-23-12-21(26)16-5-8-18(22)19(11-16)25-31(2,27)28/h3-8,11,13,21,23,25-26H,9-10,12H2,1-2H3/t21-/m0/s1. The van der Waals surface area contributed by atoms with E-state index in [4.69, 9.17) is 20.8 Å². The van der Waals surface area contributed by atoms with Gasteiger partial charge in [-0.1, -0.05) is 17.7 Å². The van der Waals surface area contributed by atoms with Crippen LogP contribution in [-0.4, -0.2) is 44.5 Å². The van der Waals surface area contributed by atoms with Crippen LogP contribution in [0.25, 0.3) is 11.3 Å². The average molecular weight is 466 g/mol. The van der Waals surface area contributed by atoms with E-state index >= 15 is 0 Å². The lowest BCUT2D eigenvalue weighted by Crippen LogP contribution is -2.26. The van der Waals surface area contributed by atoms with Crippen LogP contribution in [0.4, 0.5) is 5.69 Å². The number of nitrogens with one attached hydrogen (secondary N) is 2. The molecule has 2 aromatic carbocycles. The van der Waals surface area contributed by atoms with Crippen molar-refractivity contribution in [2.75, 3.05) is 30.7 Å². The zero-order chi connectivity index (χ0) is 22.4. The van der Waals surface area contributed by atoms with Crippen LogP contribution in [0.5, 0.6) is 5.75 Å². The number of nitrogens with zero attached hydrogens (tertiary/aromatic N) is 1. The second-order valence-corrected chi connectivity index (χ2v) is 9.11. The van der Waals surface area contributed by atoms with Crippen LogP contribution < -0.4 is 14.8 Å². The topological polar surface area (TPSA) is 114 Å². The molecule has 1 heterocycles. The van der Waals surface area contributed by atoms with Crippen LogP contribution in [0.2, 0.25) is 5.02 Å². The van der Waals surface area contributed by atoms with E-state index in [0.717, 1.165) is 23.3 Å². The molecule has 10 heteroatoms. The molecule has 0 fully saturated rings. The Morgan fingerprint density at radius 2 is 1.97 bits per heavy atom. The van der Waals surface area contributed by atoms with Crippen molar-refractivity contribution in [1.82, 2.24) is 10.3 Å². The first-order valence-corrected chi connectivity index (χ1v) is 11.8. The second kappa shape index (κ2) is 10.1. The van der Waals surface area contributed by atoms with E-state index in [1.807, 2.05) is 24.3 Å². The Bertz CT molecular complexity index is 1120. The molecule has 0 radical (unpaired) electrons. The Balaban J connectivity index is 1.44. The van der Waals surface area contributed by atoms with Crippen LogP contribution in [0.3, 0.4) is 0 Å². The molecule has 0 amide bonds. The lowest BCUT2D eigenvalue weighted by Gasteiger charge is -2.15. The van der Waals surface area contributed by atoms with Gasteiger partial charge in [-0.3, -0.25) is 4.72 Å². The van der Waals surface area contributed by atoms with E-state index in [2.05, 4.69) is 15.0 Å². The molecule has 0 unspecified atom stereocenters. The molecule has 0 aliphatic carbocycles. The Labute approximate surface area is 186 Å². The highest BCUT2D eigenvalue weighted by atomic mass is 35.5. The first kappa shape index (κ1) is 23.1. The van der Waals surface area contributed by atoms with Crippen molar-refractivity contribution in [3.63, 3.8) is 0 Å². The largest absolute Gasteiger partial charge is 0.492 e. The number of hydrogen-bond acceptors (Lipinski definition) is 7. The number of anilines is 1. The van der Waals surface area contributed by atoms with Gasteiger partial charge in [0.2, 0.25) is 10.0 Å². The van der Waals surface area contributed by atoms with Crippen molar-refractivity contribution in [2.24, 2.45) is 0 Å². The number of halogens is 1. The first-order chi connectivity index (χ1) is 14.7. The zero-order valence-electron chi connectivity index (χ0n) is 17.1. The summed E-state index contributed by atoms with van der Waals surface area (Å²) < 4.78 is 36.1. The van der Waals surface area contributed by atoms with E-state index in [-0.39, 0.29) is 17.3 Å². The summed E-state index contributed by atoms with van der Waals surface area (Å²) in [5.41, 5.74) is 2.49. The number of sulfonamides is 1. The van der Waals surface area contributed by atoms with Crippen LogP contribution in [0.15, 0.2) is 53.1 Å². The predicted molar refractivity (Wildman–Crippen MR) is 120 cm³/mol.